The van der Waals surface area contributed by atoms with Crippen LogP contribution in [-0.2, 0) is 19.2 Å². The Morgan fingerprint density at radius 2 is 2.24 bits per heavy atom. The van der Waals surface area contributed by atoms with Crippen molar-refractivity contribution in [3.05, 3.63) is 57.1 Å². The SMILES string of the molecule is CO/N=C(\C(=O)N[C@@H]1C(=O)N2C(C(=O)[O-])=C(CN3C=C4C=C(C)C=CN4[NH2+]3)CS[C@H]12)c1nc(N)sc1Cl. The van der Waals surface area contributed by atoms with E-state index in [0.717, 1.165) is 27.5 Å². The summed E-state index contributed by atoms with van der Waals surface area (Å²) >= 11 is 8.41. The third kappa shape index (κ3) is 4.54. The number of carbonyl (C=O) groups excluding carboxylic acids is 3. The van der Waals surface area contributed by atoms with Crippen molar-refractivity contribution in [3.8, 4) is 0 Å². The maximum absolute atomic E-state index is 13.0. The molecule has 16 heteroatoms. The maximum atomic E-state index is 13.0. The van der Waals surface area contributed by atoms with E-state index in [-0.39, 0.29) is 33.1 Å². The summed E-state index contributed by atoms with van der Waals surface area (Å²) in [5.74, 6) is -2.46. The van der Waals surface area contributed by atoms with Crippen LogP contribution < -0.4 is 21.7 Å². The quantitative estimate of drug-likeness (QED) is 0.152. The first-order valence-corrected chi connectivity index (χ1v) is 13.1. The smallest absolute Gasteiger partial charge is 0.276 e. The number of amides is 2. The zero-order valence-corrected chi connectivity index (χ0v) is 21.9. The average Bonchev–Trinajstić information content (AvgIpc) is 3.40. The number of β-lactam (4-membered cyclic amide) rings is 1. The Labute approximate surface area is 223 Å². The summed E-state index contributed by atoms with van der Waals surface area (Å²) in [6.07, 6.45) is 7.80. The number of nitrogens with one attached hydrogen (secondary N) is 1. The number of thiazole rings is 1. The fraction of sp³-hybridized carbons (Fsp3) is 0.286. The molecule has 1 aromatic heterocycles. The maximum Gasteiger partial charge on any atom is 0.276 e. The van der Waals surface area contributed by atoms with Crippen LogP contribution in [0.4, 0.5) is 5.13 Å². The first-order chi connectivity index (χ1) is 17.7. The molecule has 0 radical (unpaired) electrons. The number of rotatable bonds is 7. The number of quaternary nitrogens is 1. The Morgan fingerprint density at radius 1 is 1.46 bits per heavy atom. The van der Waals surface area contributed by atoms with Crippen LogP contribution in [0.25, 0.3) is 0 Å². The lowest BCUT2D eigenvalue weighted by atomic mass is 10.0. The molecule has 0 unspecified atom stereocenters. The van der Waals surface area contributed by atoms with Crippen molar-refractivity contribution in [3.63, 3.8) is 0 Å². The van der Waals surface area contributed by atoms with E-state index < -0.39 is 29.2 Å². The molecule has 0 aliphatic carbocycles. The topological polar surface area (TPSA) is 173 Å². The highest BCUT2D eigenvalue weighted by Gasteiger charge is 2.53. The van der Waals surface area contributed by atoms with Gasteiger partial charge in [-0.3, -0.25) is 14.5 Å². The summed E-state index contributed by atoms with van der Waals surface area (Å²) in [5, 5.41) is 21.7. The van der Waals surface area contributed by atoms with Crippen LogP contribution in [0.3, 0.4) is 0 Å². The van der Waals surface area contributed by atoms with Gasteiger partial charge in [0.25, 0.3) is 11.8 Å². The van der Waals surface area contributed by atoms with Crippen molar-refractivity contribution in [1.82, 2.24) is 25.2 Å². The van der Waals surface area contributed by atoms with Gasteiger partial charge >= 0.3 is 0 Å². The molecule has 0 aromatic carbocycles. The predicted molar refractivity (Wildman–Crippen MR) is 134 cm³/mol. The van der Waals surface area contributed by atoms with E-state index >= 15 is 0 Å². The van der Waals surface area contributed by atoms with Gasteiger partial charge in [-0.1, -0.05) is 28.1 Å². The molecule has 5 heterocycles. The number of anilines is 1. The summed E-state index contributed by atoms with van der Waals surface area (Å²) in [6, 6.07) is -0.988. The van der Waals surface area contributed by atoms with Crippen molar-refractivity contribution >= 4 is 63.3 Å². The molecule has 0 bridgehead atoms. The Balaban J connectivity index is 1.32. The molecule has 0 saturated carbocycles. The Morgan fingerprint density at radius 3 is 2.92 bits per heavy atom. The van der Waals surface area contributed by atoms with Crippen molar-refractivity contribution in [2.75, 3.05) is 25.1 Å². The highest BCUT2D eigenvalue weighted by atomic mass is 35.5. The molecule has 4 aliphatic heterocycles. The summed E-state index contributed by atoms with van der Waals surface area (Å²) < 4.78 is 0.134. The molecule has 37 heavy (non-hydrogen) atoms. The van der Waals surface area contributed by atoms with E-state index in [9.17, 15) is 19.5 Å². The van der Waals surface area contributed by atoms with E-state index in [4.69, 9.17) is 22.2 Å². The molecule has 194 valence electrons. The van der Waals surface area contributed by atoms with Crippen LogP contribution in [0.15, 0.2) is 52.2 Å². The minimum Gasteiger partial charge on any atom is -0.543 e. The average molecular weight is 565 g/mol. The van der Waals surface area contributed by atoms with Gasteiger partial charge in [0.15, 0.2) is 10.8 Å². The number of fused-ring (bicyclic) bond motifs is 2. The molecule has 2 atom stereocenters. The van der Waals surface area contributed by atoms with Crippen LogP contribution in [0.1, 0.15) is 12.6 Å². The van der Waals surface area contributed by atoms with Crippen molar-refractivity contribution in [1.29, 1.82) is 0 Å². The van der Waals surface area contributed by atoms with Crippen molar-refractivity contribution in [2.24, 2.45) is 5.16 Å². The molecule has 2 amide bonds. The Bertz CT molecular complexity index is 1350. The standard InChI is InChI=1S/C21H21ClN8O5S2/c1-9-3-4-29-11(5-9)7-28(27-29)6-10-8-36-19-14(18(32)30(19)15(10)20(33)34)24-17(31)13(26-35-2)12-16(22)37-21(23)25-12/h3-5,7,14,19,27H,6,8H2,1-2H3,(H2,23,25)(H,24,31)(H,33,34)/b26-13-/t14-,19-/m1/s1. The van der Waals surface area contributed by atoms with Gasteiger partial charge < -0.3 is 25.8 Å². The molecule has 1 saturated heterocycles. The van der Waals surface area contributed by atoms with Crippen molar-refractivity contribution < 1.29 is 29.9 Å². The van der Waals surface area contributed by atoms with E-state index in [0.29, 0.717) is 11.3 Å². The van der Waals surface area contributed by atoms with Crippen LogP contribution in [0.2, 0.25) is 4.34 Å². The molecule has 4 aliphatic rings. The van der Waals surface area contributed by atoms with Crippen LogP contribution in [-0.4, -0.2) is 74.2 Å². The molecule has 0 spiro atoms. The Hall–Kier alpha value is -3.53. The number of nitrogen functional groups attached to an aromatic ring is 1. The number of hydrogen-bond acceptors (Lipinski definition) is 12. The number of aromatic nitrogens is 1. The van der Waals surface area contributed by atoms with Crippen LogP contribution >= 0.6 is 34.7 Å². The number of allylic oxidation sites excluding steroid dienone is 3. The van der Waals surface area contributed by atoms with Gasteiger partial charge in [0.2, 0.25) is 0 Å². The van der Waals surface area contributed by atoms with Gasteiger partial charge in [0.1, 0.15) is 34.3 Å². The molecule has 5 rings (SSSR count). The number of aliphatic carboxylic acids is 1. The van der Waals surface area contributed by atoms with Crippen LogP contribution in [0.5, 0.6) is 0 Å². The lowest BCUT2D eigenvalue weighted by Crippen LogP contribution is -2.96. The second-order valence-corrected chi connectivity index (χ2v) is 11.1. The highest BCUT2D eigenvalue weighted by Crippen LogP contribution is 2.40. The summed E-state index contributed by atoms with van der Waals surface area (Å²) in [6.45, 7) is 2.25. The van der Waals surface area contributed by atoms with Crippen molar-refractivity contribution in [2.45, 2.75) is 18.3 Å². The summed E-state index contributed by atoms with van der Waals surface area (Å²) in [4.78, 5) is 48.0. The lowest BCUT2D eigenvalue weighted by molar-refractivity contribution is -0.885. The zero-order valence-electron chi connectivity index (χ0n) is 19.5. The van der Waals surface area contributed by atoms with Gasteiger partial charge in [-0.2, -0.15) is 5.01 Å². The first kappa shape index (κ1) is 25.1. The normalized spacial score (nSPS) is 22.8. The molecular formula is C21H21ClN8O5S2. The minimum absolute atomic E-state index is 0.0215. The molecule has 1 aromatic rings. The zero-order chi connectivity index (χ0) is 26.4. The monoisotopic (exact) mass is 564 g/mol. The number of carbonyl (C=O) groups is 3. The number of nitrogens with zero attached hydrogens (tertiary/aromatic N) is 5. The number of halogens is 1. The van der Waals surface area contributed by atoms with Gasteiger partial charge in [-0.15, -0.1) is 17.3 Å². The van der Waals surface area contributed by atoms with E-state index in [2.05, 4.69) is 15.5 Å². The lowest BCUT2D eigenvalue weighted by Gasteiger charge is -2.50. The highest BCUT2D eigenvalue weighted by molar-refractivity contribution is 8.00. The van der Waals surface area contributed by atoms with Gasteiger partial charge in [-0.25, -0.2) is 9.99 Å². The minimum atomic E-state index is -1.45. The first-order valence-electron chi connectivity index (χ1n) is 10.9. The number of thioether (sulfide) groups is 1. The number of oxime groups is 1. The third-order valence-electron chi connectivity index (χ3n) is 5.87. The molecule has 5 N–H and O–H groups in total. The number of carboxylic acid groups (broad SMARTS) is 1. The largest absolute Gasteiger partial charge is 0.543 e. The van der Waals surface area contributed by atoms with E-state index in [1.54, 1.807) is 0 Å². The second-order valence-electron chi connectivity index (χ2n) is 8.35. The Kier molecular flexibility index (Phi) is 6.61. The van der Waals surface area contributed by atoms with Gasteiger partial charge in [-0.05, 0) is 30.2 Å². The summed E-state index contributed by atoms with van der Waals surface area (Å²) in [5.41, 5.74) is 9.68. The van der Waals surface area contributed by atoms with E-state index in [1.165, 1.54) is 18.9 Å². The van der Waals surface area contributed by atoms with Crippen LogP contribution in [0, 0.1) is 0 Å². The van der Waals surface area contributed by atoms with Gasteiger partial charge in [0.05, 0.1) is 30.6 Å². The second kappa shape index (κ2) is 9.74. The molecule has 13 nitrogen and oxygen atoms in total. The molecular weight excluding hydrogens is 544 g/mol. The third-order valence-corrected chi connectivity index (χ3v) is 8.29. The van der Waals surface area contributed by atoms with Gasteiger partial charge in [0, 0.05) is 5.75 Å². The predicted octanol–water partition coefficient (Wildman–Crippen LogP) is -1.54. The fourth-order valence-electron chi connectivity index (χ4n) is 4.27. The number of carboxylic acids is 1. The summed E-state index contributed by atoms with van der Waals surface area (Å²) in [7, 11) is 1.25. The number of nitrogens with two attached hydrogens (primary N) is 2. The fourth-order valence-corrected chi connectivity index (χ4v) is 6.53. The number of hydrogen-bond donors (Lipinski definition) is 3. The molecule has 1 fully saturated rings. The van der Waals surface area contributed by atoms with E-state index in [1.807, 2.05) is 47.0 Å².